The van der Waals surface area contributed by atoms with E-state index >= 15 is 0 Å². The first-order valence-electron chi connectivity index (χ1n) is 5.61. The first kappa shape index (κ1) is 12.9. The predicted molar refractivity (Wildman–Crippen MR) is 61.0 cm³/mol. The molecule has 0 unspecified atom stereocenters. The van der Waals surface area contributed by atoms with Crippen LogP contribution in [0.25, 0.3) is 0 Å². The average Bonchev–Trinajstić information content (AvgIpc) is 2.61. The highest BCUT2D eigenvalue weighted by atomic mass is 16.7. The van der Waals surface area contributed by atoms with Crippen LogP contribution in [0.2, 0.25) is 0 Å². The van der Waals surface area contributed by atoms with Crippen LogP contribution in [0.1, 0.15) is 12.8 Å². The molecule has 0 aliphatic carbocycles. The lowest BCUT2D eigenvalue weighted by Crippen LogP contribution is -2.37. The standard InChI is InChI=1S/C11H24N2O2/c1-12(2)7-5-11(6-8-13(3)4)14-9-10-15-11/h5-10H2,1-4H3. The molecule has 1 rings (SSSR count). The molecule has 1 heterocycles. The van der Waals surface area contributed by atoms with E-state index in [1.165, 1.54) is 0 Å². The van der Waals surface area contributed by atoms with E-state index in [2.05, 4.69) is 38.0 Å². The molecule has 0 aromatic carbocycles. The molecule has 0 amide bonds. The summed E-state index contributed by atoms with van der Waals surface area (Å²) in [6, 6.07) is 0. The van der Waals surface area contributed by atoms with E-state index in [1.807, 2.05) is 0 Å². The van der Waals surface area contributed by atoms with Gasteiger partial charge in [-0.15, -0.1) is 0 Å². The van der Waals surface area contributed by atoms with E-state index in [4.69, 9.17) is 9.47 Å². The van der Waals surface area contributed by atoms with Crippen LogP contribution in [0.4, 0.5) is 0 Å². The molecule has 0 atom stereocenters. The van der Waals surface area contributed by atoms with Crippen LogP contribution in [-0.4, -0.2) is 70.1 Å². The molecular weight excluding hydrogens is 192 g/mol. The summed E-state index contributed by atoms with van der Waals surface area (Å²) in [5.41, 5.74) is 0. The molecule has 4 nitrogen and oxygen atoms in total. The Balaban J connectivity index is 2.39. The highest BCUT2D eigenvalue weighted by Crippen LogP contribution is 2.27. The molecule has 0 radical (unpaired) electrons. The van der Waals surface area contributed by atoms with E-state index < -0.39 is 0 Å². The van der Waals surface area contributed by atoms with Crippen molar-refractivity contribution in [2.24, 2.45) is 0 Å². The number of ether oxygens (including phenoxy) is 2. The van der Waals surface area contributed by atoms with Crippen LogP contribution >= 0.6 is 0 Å². The number of hydrogen-bond donors (Lipinski definition) is 0. The summed E-state index contributed by atoms with van der Waals surface area (Å²) in [5.74, 6) is -0.325. The van der Waals surface area contributed by atoms with Gasteiger partial charge in [0.25, 0.3) is 0 Å². The summed E-state index contributed by atoms with van der Waals surface area (Å²) in [6.07, 6.45) is 1.90. The quantitative estimate of drug-likeness (QED) is 0.650. The van der Waals surface area contributed by atoms with Crippen LogP contribution in [0.3, 0.4) is 0 Å². The summed E-state index contributed by atoms with van der Waals surface area (Å²) < 4.78 is 11.5. The van der Waals surface area contributed by atoms with Crippen molar-refractivity contribution in [2.75, 3.05) is 54.5 Å². The largest absolute Gasteiger partial charge is 0.347 e. The molecule has 1 aliphatic rings. The van der Waals surface area contributed by atoms with E-state index in [1.54, 1.807) is 0 Å². The molecule has 0 saturated carbocycles. The fourth-order valence-corrected chi connectivity index (χ4v) is 1.70. The third-order valence-corrected chi connectivity index (χ3v) is 2.69. The van der Waals surface area contributed by atoms with E-state index in [0.717, 1.165) is 39.1 Å². The van der Waals surface area contributed by atoms with Gasteiger partial charge in [0.1, 0.15) is 0 Å². The maximum atomic E-state index is 5.77. The zero-order valence-electron chi connectivity index (χ0n) is 10.5. The van der Waals surface area contributed by atoms with Gasteiger partial charge in [0.05, 0.1) is 13.2 Å². The first-order chi connectivity index (χ1) is 7.04. The van der Waals surface area contributed by atoms with Gasteiger partial charge in [-0.1, -0.05) is 0 Å². The van der Waals surface area contributed by atoms with Gasteiger partial charge in [0.2, 0.25) is 0 Å². The third kappa shape index (κ3) is 4.47. The summed E-state index contributed by atoms with van der Waals surface area (Å²) in [7, 11) is 8.31. The van der Waals surface area contributed by atoms with Gasteiger partial charge in [0.15, 0.2) is 5.79 Å². The number of nitrogens with zero attached hydrogens (tertiary/aromatic N) is 2. The van der Waals surface area contributed by atoms with E-state index in [9.17, 15) is 0 Å². The van der Waals surface area contributed by atoms with Crippen molar-refractivity contribution in [2.45, 2.75) is 18.6 Å². The molecule has 0 N–H and O–H groups in total. The van der Waals surface area contributed by atoms with Gasteiger partial charge in [-0.2, -0.15) is 0 Å². The van der Waals surface area contributed by atoms with Crippen LogP contribution < -0.4 is 0 Å². The predicted octanol–water partition coefficient (Wildman–Crippen LogP) is 0.633. The van der Waals surface area contributed by atoms with Crippen molar-refractivity contribution >= 4 is 0 Å². The van der Waals surface area contributed by atoms with E-state index in [-0.39, 0.29) is 5.79 Å². The van der Waals surface area contributed by atoms with E-state index in [0.29, 0.717) is 0 Å². The molecule has 1 aliphatic heterocycles. The van der Waals surface area contributed by atoms with Gasteiger partial charge in [-0.05, 0) is 28.2 Å². The minimum absolute atomic E-state index is 0.325. The Morgan fingerprint density at radius 3 is 1.60 bits per heavy atom. The van der Waals surface area contributed by atoms with Gasteiger partial charge < -0.3 is 19.3 Å². The molecule has 0 bridgehead atoms. The van der Waals surface area contributed by atoms with Crippen molar-refractivity contribution in [3.05, 3.63) is 0 Å². The second-order valence-corrected chi connectivity index (χ2v) is 4.71. The first-order valence-corrected chi connectivity index (χ1v) is 5.61. The van der Waals surface area contributed by atoms with Crippen LogP contribution in [0, 0.1) is 0 Å². The maximum Gasteiger partial charge on any atom is 0.170 e. The molecule has 4 heteroatoms. The molecular formula is C11H24N2O2. The zero-order chi connectivity index (χ0) is 11.3. The fourth-order valence-electron chi connectivity index (χ4n) is 1.70. The normalized spacial score (nSPS) is 20.4. The van der Waals surface area contributed by atoms with Crippen molar-refractivity contribution < 1.29 is 9.47 Å². The van der Waals surface area contributed by atoms with Crippen molar-refractivity contribution in [3.63, 3.8) is 0 Å². The summed E-state index contributed by atoms with van der Waals surface area (Å²) in [6.45, 7) is 3.49. The number of rotatable bonds is 6. The minimum Gasteiger partial charge on any atom is -0.347 e. The Kier molecular flexibility index (Phi) is 4.99. The van der Waals surface area contributed by atoms with Crippen LogP contribution in [0.5, 0.6) is 0 Å². The van der Waals surface area contributed by atoms with Crippen molar-refractivity contribution in [1.29, 1.82) is 0 Å². The molecule has 15 heavy (non-hydrogen) atoms. The van der Waals surface area contributed by atoms with Gasteiger partial charge in [-0.3, -0.25) is 0 Å². The SMILES string of the molecule is CN(C)CCC1(CCN(C)C)OCCO1. The minimum atomic E-state index is -0.325. The Labute approximate surface area is 93.1 Å². The Morgan fingerprint density at radius 1 is 0.867 bits per heavy atom. The molecule has 1 saturated heterocycles. The van der Waals surface area contributed by atoms with Gasteiger partial charge in [-0.25, -0.2) is 0 Å². The fraction of sp³-hybridized carbons (Fsp3) is 1.00. The zero-order valence-corrected chi connectivity index (χ0v) is 10.5. The molecule has 0 aromatic rings. The Morgan fingerprint density at radius 2 is 1.27 bits per heavy atom. The number of hydrogen-bond acceptors (Lipinski definition) is 4. The molecule has 0 spiro atoms. The lowest BCUT2D eigenvalue weighted by atomic mass is 10.1. The average molecular weight is 216 g/mol. The van der Waals surface area contributed by atoms with Gasteiger partial charge >= 0.3 is 0 Å². The summed E-state index contributed by atoms with van der Waals surface area (Å²) in [5, 5.41) is 0. The second-order valence-electron chi connectivity index (χ2n) is 4.71. The summed E-state index contributed by atoms with van der Waals surface area (Å²) in [4.78, 5) is 4.34. The lowest BCUT2D eigenvalue weighted by molar-refractivity contribution is -0.170. The Bertz CT molecular complexity index is 163. The summed E-state index contributed by atoms with van der Waals surface area (Å²) >= 11 is 0. The molecule has 90 valence electrons. The smallest absolute Gasteiger partial charge is 0.170 e. The van der Waals surface area contributed by atoms with Crippen LogP contribution in [-0.2, 0) is 9.47 Å². The third-order valence-electron chi connectivity index (χ3n) is 2.69. The molecule has 0 aromatic heterocycles. The monoisotopic (exact) mass is 216 g/mol. The highest BCUT2D eigenvalue weighted by Gasteiger charge is 2.35. The highest BCUT2D eigenvalue weighted by molar-refractivity contribution is 4.76. The topological polar surface area (TPSA) is 24.9 Å². The Hall–Kier alpha value is -0.160. The van der Waals surface area contributed by atoms with Crippen molar-refractivity contribution in [3.8, 4) is 0 Å². The molecule has 1 fully saturated rings. The maximum absolute atomic E-state index is 5.77. The lowest BCUT2D eigenvalue weighted by Gasteiger charge is -2.29. The van der Waals surface area contributed by atoms with Gasteiger partial charge in [0, 0.05) is 25.9 Å². The van der Waals surface area contributed by atoms with Crippen molar-refractivity contribution in [1.82, 2.24) is 9.80 Å². The van der Waals surface area contributed by atoms with Crippen LogP contribution in [0.15, 0.2) is 0 Å². The second kappa shape index (κ2) is 5.80.